The molecule has 0 bridgehead atoms. The van der Waals surface area contributed by atoms with Gasteiger partial charge < -0.3 is 5.11 Å². The molecule has 0 unspecified atom stereocenters. The number of phenolic OH excluding ortho intramolecular Hbond substituents is 1. The number of rotatable bonds is 3. The van der Waals surface area contributed by atoms with Gasteiger partial charge in [-0.25, -0.2) is 0 Å². The molecule has 0 aliphatic carbocycles. The molecule has 1 N–H and O–H groups in total. The molecule has 1 aromatic carbocycles. The zero-order chi connectivity index (χ0) is 11.4. The summed E-state index contributed by atoms with van der Waals surface area (Å²) >= 11 is 3.31. The van der Waals surface area contributed by atoms with Crippen molar-refractivity contribution in [3.8, 4) is 5.75 Å². The highest BCUT2D eigenvalue weighted by Crippen LogP contribution is 2.31. The van der Waals surface area contributed by atoms with Crippen LogP contribution >= 0.6 is 15.9 Å². The normalized spacial score (nSPS) is 10.1. The minimum absolute atomic E-state index is 0.274. The van der Waals surface area contributed by atoms with Crippen LogP contribution in [0.1, 0.15) is 25.8 Å². The van der Waals surface area contributed by atoms with Gasteiger partial charge in [0.25, 0.3) is 0 Å². The summed E-state index contributed by atoms with van der Waals surface area (Å²) in [5.74, 6) is 0.800. The van der Waals surface area contributed by atoms with E-state index in [0.29, 0.717) is 5.92 Å². The van der Waals surface area contributed by atoms with Crippen molar-refractivity contribution in [3.05, 3.63) is 40.5 Å². The van der Waals surface area contributed by atoms with Crippen molar-refractivity contribution in [1.82, 2.24) is 0 Å². The first kappa shape index (κ1) is 12.1. The largest absolute Gasteiger partial charge is 0.507 e. The Kier molecular flexibility index (Phi) is 4.19. The summed E-state index contributed by atoms with van der Waals surface area (Å²) in [5.41, 5.74) is 4.69. The van der Waals surface area contributed by atoms with Gasteiger partial charge in [0.2, 0.25) is 0 Å². The van der Waals surface area contributed by atoms with E-state index in [1.165, 1.54) is 0 Å². The highest BCUT2D eigenvalue weighted by atomic mass is 79.9. The topological polar surface area (TPSA) is 20.2 Å². The molecular formula is C13H15BrO. The highest BCUT2D eigenvalue weighted by molar-refractivity contribution is 9.10. The van der Waals surface area contributed by atoms with E-state index in [-0.39, 0.29) is 5.75 Å². The van der Waals surface area contributed by atoms with Gasteiger partial charge in [-0.2, -0.15) is 0 Å². The molecule has 0 atom stereocenters. The maximum absolute atomic E-state index is 9.79. The van der Waals surface area contributed by atoms with Crippen LogP contribution in [0.4, 0.5) is 0 Å². The van der Waals surface area contributed by atoms with E-state index < -0.39 is 0 Å². The number of phenols is 1. The Hall–Kier alpha value is -0.980. The Bertz CT molecular complexity index is 401. The fourth-order valence-corrected chi connectivity index (χ4v) is 1.79. The van der Waals surface area contributed by atoms with Crippen LogP contribution in [0.25, 0.3) is 5.57 Å². The van der Waals surface area contributed by atoms with Crippen molar-refractivity contribution in [2.45, 2.75) is 20.3 Å². The first-order chi connectivity index (χ1) is 7.04. The standard InChI is InChI=1S/C13H15BrO/c1-4-10(7-9(2)3)12-6-5-11(14)8-13(12)15/h5-6,8-9,15H,1,7H2,2-3H3. The van der Waals surface area contributed by atoms with Gasteiger partial charge in [-0.05, 0) is 30.5 Å². The van der Waals surface area contributed by atoms with Crippen molar-refractivity contribution in [1.29, 1.82) is 0 Å². The first-order valence-electron chi connectivity index (χ1n) is 4.92. The first-order valence-corrected chi connectivity index (χ1v) is 5.71. The fourth-order valence-electron chi connectivity index (χ4n) is 1.45. The second kappa shape index (κ2) is 5.20. The lowest BCUT2D eigenvalue weighted by Crippen LogP contribution is -1.91. The van der Waals surface area contributed by atoms with Crippen molar-refractivity contribution in [2.75, 3.05) is 0 Å². The van der Waals surface area contributed by atoms with Gasteiger partial charge in [-0.3, -0.25) is 0 Å². The molecule has 0 fully saturated rings. The predicted molar refractivity (Wildman–Crippen MR) is 67.8 cm³/mol. The smallest absolute Gasteiger partial charge is 0.124 e. The number of aromatic hydroxyl groups is 1. The van der Waals surface area contributed by atoms with Crippen LogP contribution in [0.3, 0.4) is 0 Å². The molecule has 1 aromatic rings. The minimum Gasteiger partial charge on any atom is -0.507 e. The minimum atomic E-state index is 0.274. The van der Waals surface area contributed by atoms with E-state index in [2.05, 4.69) is 42.1 Å². The average molecular weight is 267 g/mol. The summed E-state index contributed by atoms with van der Waals surface area (Å²) in [6, 6.07) is 5.48. The molecule has 0 aliphatic rings. The molecule has 0 saturated carbocycles. The maximum atomic E-state index is 9.79. The van der Waals surface area contributed by atoms with E-state index in [1.54, 1.807) is 6.07 Å². The molecule has 0 saturated heterocycles. The zero-order valence-corrected chi connectivity index (χ0v) is 10.6. The Morgan fingerprint density at radius 3 is 2.67 bits per heavy atom. The van der Waals surface area contributed by atoms with E-state index in [0.717, 1.165) is 22.0 Å². The summed E-state index contributed by atoms with van der Waals surface area (Å²) < 4.78 is 0.872. The maximum Gasteiger partial charge on any atom is 0.124 e. The van der Waals surface area contributed by atoms with Crippen molar-refractivity contribution < 1.29 is 5.11 Å². The molecule has 2 heteroatoms. The lowest BCUT2D eigenvalue weighted by atomic mass is 9.96. The third kappa shape index (κ3) is 3.26. The lowest BCUT2D eigenvalue weighted by molar-refractivity contribution is 0.472. The number of hydrogen-bond donors (Lipinski definition) is 1. The van der Waals surface area contributed by atoms with Gasteiger partial charge >= 0.3 is 0 Å². The van der Waals surface area contributed by atoms with Crippen LogP contribution in [-0.4, -0.2) is 5.11 Å². The SMILES string of the molecule is C=C=C(CC(C)C)c1ccc(Br)cc1O. The lowest BCUT2D eigenvalue weighted by Gasteiger charge is -2.10. The molecule has 0 amide bonds. The molecule has 0 heterocycles. The van der Waals surface area contributed by atoms with Gasteiger partial charge in [-0.1, -0.05) is 36.4 Å². The van der Waals surface area contributed by atoms with E-state index >= 15 is 0 Å². The van der Waals surface area contributed by atoms with Crippen LogP contribution in [0.15, 0.2) is 35.0 Å². The quantitative estimate of drug-likeness (QED) is 0.806. The summed E-state index contributed by atoms with van der Waals surface area (Å²) in [6.45, 7) is 7.93. The Morgan fingerprint density at radius 2 is 2.20 bits per heavy atom. The van der Waals surface area contributed by atoms with E-state index in [1.807, 2.05) is 12.1 Å². The molecule has 1 rings (SSSR count). The van der Waals surface area contributed by atoms with Crippen molar-refractivity contribution in [3.63, 3.8) is 0 Å². The van der Waals surface area contributed by atoms with Crippen LogP contribution < -0.4 is 0 Å². The summed E-state index contributed by atoms with van der Waals surface area (Å²) in [4.78, 5) is 0. The van der Waals surface area contributed by atoms with Crippen LogP contribution in [0.5, 0.6) is 5.75 Å². The molecule has 1 nitrogen and oxygen atoms in total. The molecule has 0 spiro atoms. The van der Waals surface area contributed by atoms with Gasteiger partial charge in [0, 0.05) is 15.6 Å². The molecule has 0 radical (unpaired) electrons. The monoisotopic (exact) mass is 266 g/mol. The van der Waals surface area contributed by atoms with Gasteiger partial charge in [0.1, 0.15) is 5.75 Å². The Balaban J connectivity index is 3.09. The molecule has 0 aromatic heterocycles. The summed E-state index contributed by atoms with van der Waals surface area (Å²) in [7, 11) is 0. The third-order valence-corrected chi connectivity index (χ3v) is 2.60. The highest BCUT2D eigenvalue weighted by Gasteiger charge is 2.08. The van der Waals surface area contributed by atoms with Crippen molar-refractivity contribution in [2.24, 2.45) is 5.92 Å². The van der Waals surface area contributed by atoms with E-state index in [9.17, 15) is 5.11 Å². The van der Waals surface area contributed by atoms with Crippen LogP contribution in [0.2, 0.25) is 0 Å². The molecular weight excluding hydrogens is 252 g/mol. The second-order valence-corrected chi connectivity index (χ2v) is 4.83. The molecule has 80 valence electrons. The number of halogens is 1. The van der Waals surface area contributed by atoms with Gasteiger partial charge in [0.05, 0.1) is 0 Å². The number of allylic oxidation sites excluding steroid dienone is 1. The van der Waals surface area contributed by atoms with E-state index in [4.69, 9.17) is 0 Å². The number of benzene rings is 1. The average Bonchev–Trinajstić information content (AvgIpc) is 2.14. The number of hydrogen-bond acceptors (Lipinski definition) is 1. The van der Waals surface area contributed by atoms with Gasteiger partial charge in [-0.15, -0.1) is 5.73 Å². The fraction of sp³-hybridized carbons (Fsp3) is 0.308. The predicted octanol–water partition coefficient (Wildman–Crippen LogP) is 4.37. The third-order valence-electron chi connectivity index (χ3n) is 2.11. The van der Waals surface area contributed by atoms with Gasteiger partial charge in [0.15, 0.2) is 0 Å². The summed E-state index contributed by atoms with van der Waals surface area (Å²) in [5, 5.41) is 9.79. The molecule has 15 heavy (non-hydrogen) atoms. The van der Waals surface area contributed by atoms with Crippen molar-refractivity contribution >= 4 is 21.5 Å². The Labute approximate surface area is 99.3 Å². The summed E-state index contributed by atoms with van der Waals surface area (Å²) in [6.07, 6.45) is 0.874. The Morgan fingerprint density at radius 1 is 1.53 bits per heavy atom. The zero-order valence-electron chi connectivity index (χ0n) is 9.05. The second-order valence-electron chi connectivity index (χ2n) is 3.91. The molecule has 0 aliphatic heterocycles. The van der Waals surface area contributed by atoms with Crippen LogP contribution in [-0.2, 0) is 0 Å². The van der Waals surface area contributed by atoms with Crippen LogP contribution in [0, 0.1) is 5.92 Å².